The lowest BCUT2D eigenvalue weighted by molar-refractivity contribution is 0.0940. The summed E-state index contributed by atoms with van der Waals surface area (Å²) in [5.41, 5.74) is 0.911. The zero-order valence-electron chi connectivity index (χ0n) is 9.94. The molecule has 1 unspecified atom stereocenters. The Hall–Kier alpha value is -1.43. The topological polar surface area (TPSA) is 63.2 Å². The highest BCUT2D eigenvalue weighted by Crippen LogP contribution is 2.14. The fraction of sp³-hybridized carbons (Fsp3) is 0.417. The van der Waals surface area contributed by atoms with Gasteiger partial charge in [0, 0.05) is 11.6 Å². The van der Waals surface area contributed by atoms with E-state index in [0.717, 1.165) is 6.07 Å². The first-order valence-electron chi connectivity index (χ1n) is 5.65. The molecule has 1 fully saturated rings. The van der Waals surface area contributed by atoms with Crippen LogP contribution in [-0.2, 0) is 9.84 Å². The Morgan fingerprint density at radius 1 is 1.44 bits per heavy atom. The number of amides is 1. The molecule has 1 heterocycles. The van der Waals surface area contributed by atoms with Gasteiger partial charge in [0.15, 0.2) is 9.84 Å². The van der Waals surface area contributed by atoms with Crippen LogP contribution in [-0.4, -0.2) is 31.9 Å². The van der Waals surface area contributed by atoms with Crippen molar-refractivity contribution in [1.82, 2.24) is 5.32 Å². The third-order valence-corrected chi connectivity index (χ3v) is 4.78. The lowest BCUT2D eigenvalue weighted by Crippen LogP contribution is -2.36. The largest absolute Gasteiger partial charge is 0.348 e. The minimum absolute atomic E-state index is 0.0346. The number of carbonyl (C=O) groups excluding carboxylic acids is 1. The number of benzene rings is 1. The zero-order chi connectivity index (χ0) is 13.3. The Bertz CT molecular complexity index is 583. The van der Waals surface area contributed by atoms with Crippen LogP contribution >= 0.6 is 0 Å². The molecule has 1 atom stereocenters. The predicted molar refractivity (Wildman–Crippen MR) is 65.7 cm³/mol. The van der Waals surface area contributed by atoms with Crippen LogP contribution in [0.15, 0.2) is 18.2 Å². The van der Waals surface area contributed by atoms with Gasteiger partial charge in [0.25, 0.3) is 5.91 Å². The second-order valence-electron chi connectivity index (χ2n) is 4.53. The first kappa shape index (κ1) is 13.0. The molecule has 0 aromatic heterocycles. The fourth-order valence-electron chi connectivity index (χ4n) is 2.01. The van der Waals surface area contributed by atoms with Crippen molar-refractivity contribution in [2.24, 2.45) is 0 Å². The number of hydrogen-bond acceptors (Lipinski definition) is 3. The fourth-order valence-corrected chi connectivity index (χ4v) is 3.68. The van der Waals surface area contributed by atoms with Crippen LogP contribution < -0.4 is 5.32 Å². The minimum Gasteiger partial charge on any atom is -0.348 e. The van der Waals surface area contributed by atoms with Crippen molar-refractivity contribution in [3.63, 3.8) is 0 Å². The van der Waals surface area contributed by atoms with Gasteiger partial charge < -0.3 is 5.32 Å². The van der Waals surface area contributed by atoms with E-state index in [4.69, 9.17) is 0 Å². The monoisotopic (exact) mass is 271 g/mol. The Balaban J connectivity index is 2.11. The molecule has 4 nitrogen and oxygen atoms in total. The van der Waals surface area contributed by atoms with Gasteiger partial charge in [-0.05, 0) is 31.0 Å². The summed E-state index contributed by atoms with van der Waals surface area (Å²) in [5.74, 6) is -0.841. The maximum atomic E-state index is 13.1. The maximum absolute atomic E-state index is 13.1. The van der Waals surface area contributed by atoms with Gasteiger partial charge in [0.2, 0.25) is 0 Å². The second kappa shape index (κ2) is 4.68. The molecule has 1 aliphatic heterocycles. The molecule has 0 bridgehead atoms. The SMILES string of the molecule is Cc1ccc(F)cc1C(=O)NC1CCS(=O)(=O)C1. The lowest BCUT2D eigenvalue weighted by Gasteiger charge is -2.12. The number of halogens is 1. The lowest BCUT2D eigenvalue weighted by atomic mass is 10.1. The molecule has 1 aliphatic rings. The van der Waals surface area contributed by atoms with Gasteiger partial charge in [-0.2, -0.15) is 0 Å². The highest BCUT2D eigenvalue weighted by Gasteiger charge is 2.29. The quantitative estimate of drug-likeness (QED) is 0.874. The molecule has 1 amide bonds. The summed E-state index contributed by atoms with van der Waals surface area (Å²) >= 11 is 0. The van der Waals surface area contributed by atoms with Gasteiger partial charge in [0.1, 0.15) is 5.82 Å². The van der Waals surface area contributed by atoms with Crippen molar-refractivity contribution >= 4 is 15.7 Å². The van der Waals surface area contributed by atoms with Gasteiger partial charge in [-0.25, -0.2) is 12.8 Å². The summed E-state index contributed by atoms with van der Waals surface area (Å²) in [5, 5.41) is 2.63. The molecular weight excluding hydrogens is 257 g/mol. The van der Waals surface area contributed by atoms with E-state index in [9.17, 15) is 17.6 Å². The number of carbonyl (C=O) groups is 1. The van der Waals surface area contributed by atoms with Crippen LogP contribution in [0.2, 0.25) is 0 Å². The maximum Gasteiger partial charge on any atom is 0.251 e. The molecule has 0 aliphatic carbocycles. The van der Waals surface area contributed by atoms with E-state index < -0.39 is 21.6 Å². The zero-order valence-corrected chi connectivity index (χ0v) is 10.8. The summed E-state index contributed by atoms with van der Waals surface area (Å²) in [7, 11) is -3.03. The van der Waals surface area contributed by atoms with Crippen LogP contribution in [0.25, 0.3) is 0 Å². The van der Waals surface area contributed by atoms with Gasteiger partial charge in [-0.1, -0.05) is 6.07 Å². The van der Waals surface area contributed by atoms with Crippen LogP contribution in [0, 0.1) is 12.7 Å². The summed E-state index contributed by atoms with van der Waals surface area (Å²) in [6, 6.07) is 3.60. The van der Waals surface area contributed by atoms with Crippen LogP contribution in [0.1, 0.15) is 22.3 Å². The Morgan fingerprint density at radius 2 is 2.17 bits per heavy atom. The van der Waals surface area contributed by atoms with E-state index in [0.29, 0.717) is 12.0 Å². The molecule has 0 radical (unpaired) electrons. The highest BCUT2D eigenvalue weighted by atomic mass is 32.2. The van der Waals surface area contributed by atoms with Gasteiger partial charge in [-0.3, -0.25) is 4.79 Å². The van der Waals surface area contributed by atoms with Gasteiger partial charge in [-0.15, -0.1) is 0 Å². The molecule has 1 saturated heterocycles. The minimum atomic E-state index is -3.03. The molecule has 1 N–H and O–H groups in total. The number of nitrogens with one attached hydrogen (secondary N) is 1. The Kier molecular flexibility index (Phi) is 3.38. The molecule has 0 spiro atoms. The Labute approximate surface area is 105 Å². The van der Waals surface area contributed by atoms with E-state index in [1.165, 1.54) is 12.1 Å². The molecule has 0 saturated carbocycles. The predicted octanol–water partition coefficient (Wildman–Crippen LogP) is 1.05. The third-order valence-electron chi connectivity index (χ3n) is 3.01. The average molecular weight is 271 g/mol. The van der Waals surface area contributed by atoms with Crippen molar-refractivity contribution in [3.05, 3.63) is 35.1 Å². The van der Waals surface area contributed by atoms with Crippen molar-refractivity contribution in [2.75, 3.05) is 11.5 Å². The average Bonchev–Trinajstić information content (AvgIpc) is 2.61. The number of hydrogen-bond donors (Lipinski definition) is 1. The normalized spacial score (nSPS) is 21.8. The number of sulfone groups is 1. The van der Waals surface area contributed by atoms with E-state index in [2.05, 4.69) is 5.32 Å². The summed E-state index contributed by atoms with van der Waals surface area (Å²) < 4.78 is 35.6. The van der Waals surface area contributed by atoms with Crippen molar-refractivity contribution in [3.8, 4) is 0 Å². The first-order chi connectivity index (χ1) is 8.37. The van der Waals surface area contributed by atoms with E-state index >= 15 is 0 Å². The molecule has 6 heteroatoms. The van der Waals surface area contributed by atoms with Crippen LogP contribution in [0.3, 0.4) is 0 Å². The highest BCUT2D eigenvalue weighted by molar-refractivity contribution is 7.91. The van der Waals surface area contributed by atoms with Crippen molar-refractivity contribution in [1.29, 1.82) is 0 Å². The van der Waals surface area contributed by atoms with E-state index in [-0.39, 0.29) is 23.1 Å². The summed E-state index contributed by atoms with van der Waals surface area (Å²) in [6.45, 7) is 1.71. The third kappa shape index (κ3) is 2.87. The molecular formula is C12H14FNO3S. The van der Waals surface area contributed by atoms with Crippen molar-refractivity contribution < 1.29 is 17.6 Å². The van der Waals surface area contributed by atoms with Crippen LogP contribution in [0.5, 0.6) is 0 Å². The molecule has 18 heavy (non-hydrogen) atoms. The Morgan fingerprint density at radius 3 is 2.78 bits per heavy atom. The number of aryl methyl sites for hydroxylation is 1. The van der Waals surface area contributed by atoms with E-state index in [1.54, 1.807) is 6.92 Å². The van der Waals surface area contributed by atoms with Gasteiger partial charge >= 0.3 is 0 Å². The smallest absolute Gasteiger partial charge is 0.251 e. The van der Waals surface area contributed by atoms with Crippen LogP contribution in [0.4, 0.5) is 4.39 Å². The standard InChI is InChI=1S/C12H14FNO3S/c1-8-2-3-9(13)6-11(8)12(15)14-10-4-5-18(16,17)7-10/h2-3,6,10H,4-5,7H2,1H3,(H,14,15). The summed E-state index contributed by atoms with van der Waals surface area (Å²) in [6.07, 6.45) is 0.419. The number of rotatable bonds is 2. The molecule has 1 aromatic carbocycles. The summed E-state index contributed by atoms with van der Waals surface area (Å²) in [4.78, 5) is 11.9. The first-order valence-corrected chi connectivity index (χ1v) is 7.47. The van der Waals surface area contributed by atoms with E-state index in [1.807, 2.05) is 0 Å². The molecule has 98 valence electrons. The molecule has 2 rings (SSSR count). The van der Waals surface area contributed by atoms with Crippen molar-refractivity contribution in [2.45, 2.75) is 19.4 Å². The molecule has 1 aromatic rings. The second-order valence-corrected chi connectivity index (χ2v) is 6.76. The van der Waals surface area contributed by atoms with Gasteiger partial charge in [0.05, 0.1) is 11.5 Å².